The third-order valence-electron chi connectivity index (χ3n) is 3.08. The molecule has 4 nitrogen and oxygen atoms in total. The molecule has 0 spiro atoms. The largest absolute Gasteiger partial charge is 0.370 e. The summed E-state index contributed by atoms with van der Waals surface area (Å²) in [5.74, 6) is 1.30. The van der Waals surface area contributed by atoms with E-state index in [0.717, 1.165) is 24.3 Å². The average Bonchev–Trinajstić information content (AvgIpc) is 2.44. The number of rotatable bonds is 5. The van der Waals surface area contributed by atoms with E-state index < -0.39 is 0 Å². The minimum atomic E-state index is -0.228. The van der Waals surface area contributed by atoms with Crippen LogP contribution < -0.4 is 10.6 Å². The normalized spacial score (nSPS) is 10.4. The Balaban J connectivity index is 2.32. The second-order valence-electron chi connectivity index (χ2n) is 4.52. The minimum absolute atomic E-state index is 0.228. The van der Waals surface area contributed by atoms with Gasteiger partial charge in [-0.05, 0) is 38.0 Å². The Bertz CT molecular complexity index is 598. The molecule has 106 valence electrons. The van der Waals surface area contributed by atoms with Crippen LogP contribution in [-0.4, -0.2) is 16.5 Å². The van der Waals surface area contributed by atoms with Crippen molar-refractivity contribution in [2.75, 3.05) is 17.2 Å². The first kappa shape index (κ1) is 14.2. The van der Waals surface area contributed by atoms with Crippen molar-refractivity contribution < 1.29 is 4.39 Å². The lowest BCUT2D eigenvalue weighted by molar-refractivity contribution is 0.619. The molecular weight excluding hydrogens is 255 g/mol. The Morgan fingerprint density at radius 1 is 1.15 bits per heavy atom. The Morgan fingerprint density at radius 3 is 2.55 bits per heavy atom. The first-order valence-electron chi connectivity index (χ1n) is 6.76. The van der Waals surface area contributed by atoms with Crippen LogP contribution in [0.1, 0.15) is 25.0 Å². The van der Waals surface area contributed by atoms with Crippen LogP contribution in [0.25, 0.3) is 0 Å². The number of halogens is 1. The number of aryl methyl sites for hydroxylation is 1. The highest BCUT2D eigenvalue weighted by atomic mass is 19.1. The van der Waals surface area contributed by atoms with E-state index in [2.05, 4.69) is 20.6 Å². The van der Waals surface area contributed by atoms with Crippen LogP contribution in [0.3, 0.4) is 0 Å². The Kier molecular flexibility index (Phi) is 4.50. The van der Waals surface area contributed by atoms with Crippen molar-refractivity contribution in [3.05, 3.63) is 41.5 Å². The first-order valence-corrected chi connectivity index (χ1v) is 6.76. The van der Waals surface area contributed by atoms with Gasteiger partial charge in [-0.3, -0.25) is 0 Å². The summed E-state index contributed by atoms with van der Waals surface area (Å²) in [5, 5.41) is 6.37. The molecule has 0 unspecified atom stereocenters. The predicted octanol–water partition coefficient (Wildman–Crippen LogP) is 3.66. The highest BCUT2D eigenvalue weighted by Crippen LogP contribution is 2.24. The van der Waals surface area contributed by atoms with Crippen LogP contribution in [0.4, 0.5) is 21.7 Å². The van der Waals surface area contributed by atoms with Gasteiger partial charge in [0.05, 0.1) is 0 Å². The van der Waals surface area contributed by atoms with E-state index in [4.69, 9.17) is 0 Å². The summed E-state index contributed by atoms with van der Waals surface area (Å²) in [4.78, 5) is 8.49. The average molecular weight is 274 g/mol. The highest BCUT2D eigenvalue weighted by molar-refractivity contribution is 5.65. The summed E-state index contributed by atoms with van der Waals surface area (Å²) in [6.07, 6.45) is 2.30. The number of hydrogen-bond acceptors (Lipinski definition) is 4. The molecule has 1 aromatic heterocycles. The lowest BCUT2D eigenvalue weighted by Crippen LogP contribution is -2.07. The third kappa shape index (κ3) is 3.04. The van der Waals surface area contributed by atoms with Gasteiger partial charge in [0.1, 0.15) is 23.8 Å². The van der Waals surface area contributed by atoms with Gasteiger partial charge in [-0.25, -0.2) is 14.4 Å². The van der Waals surface area contributed by atoms with Gasteiger partial charge in [0.15, 0.2) is 0 Å². The van der Waals surface area contributed by atoms with Gasteiger partial charge in [-0.15, -0.1) is 0 Å². The second-order valence-corrected chi connectivity index (χ2v) is 4.52. The van der Waals surface area contributed by atoms with Crippen LogP contribution >= 0.6 is 0 Å². The van der Waals surface area contributed by atoms with E-state index in [1.54, 1.807) is 13.0 Å². The molecule has 2 aromatic rings. The van der Waals surface area contributed by atoms with Gasteiger partial charge < -0.3 is 10.6 Å². The van der Waals surface area contributed by atoms with Gasteiger partial charge in [0.25, 0.3) is 0 Å². The van der Waals surface area contributed by atoms with E-state index in [9.17, 15) is 4.39 Å². The van der Waals surface area contributed by atoms with Crippen LogP contribution in [0.15, 0.2) is 24.5 Å². The quantitative estimate of drug-likeness (QED) is 0.873. The Morgan fingerprint density at radius 2 is 1.90 bits per heavy atom. The molecule has 0 fully saturated rings. The van der Waals surface area contributed by atoms with Gasteiger partial charge in [-0.2, -0.15) is 0 Å². The SMILES string of the molecule is CCNc1ncnc(Nc2ccc(C)c(F)c2)c1CC. The summed E-state index contributed by atoms with van der Waals surface area (Å²) < 4.78 is 13.6. The van der Waals surface area contributed by atoms with Crippen molar-refractivity contribution in [2.24, 2.45) is 0 Å². The third-order valence-corrected chi connectivity index (χ3v) is 3.08. The zero-order chi connectivity index (χ0) is 14.5. The number of nitrogens with zero attached hydrogens (tertiary/aromatic N) is 2. The van der Waals surface area contributed by atoms with Crippen LogP contribution in [0, 0.1) is 12.7 Å². The van der Waals surface area contributed by atoms with Gasteiger partial charge in [0, 0.05) is 17.8 Å². The van der Waals surface area contributed by atoms with Crippen LogP contribution in [-0.2, 0) is 6.42 Å². The maximum absolute atomic E-state index is 13.6. The van der Waals surface area contributed by atoms with Gasteiger partial charge in [0.2, 0.25) is 0 Å². The molecule has 5 heteroatoms. The Labute approximate surface area is 118 Å². The van der Waals surface area contributed by atoms with Crippen molar-refractivity contribution in [1.29, 1.82) is 0 Å². The maximum Gasteiger partial charge on any atom is 0.139 e. The molecule has 0 aliphatic rings. The molecular formula is C15H19FN4. The van der Waals surface area contributed by atoms with E-state index >= 15 is 0 Å². The molecule has 1 heterocycles. The van der Waals surface area contributed by atoms with Crippen molar-refractivity contribution in [3.63, 3.8) is 0 Å². The number of benzene rings is 1. The zero-order valence-electron chi connectivity index (χ0n) is 12.0. The number of nitrogens with one attached hydrogen (secondary N) is 2. The summed E-state index contributed by atoms with van der Waals surface area (Å²) >= 11 is 0. The first-order chi connectivity index (χ1) is 9.65. The topological polar surface area (TPSA) is 49.8 Å². The fourth-order valence-corrected chi connectivity index (χ4v) is 1.98. The van der Waals surface area contributed by atoms with E-state index in [0.29, 0.717) is 17.1 Å². The summed E-state index contributed by atoms with van der Waals surface area (Å²) in [6, 6.07) is 5.06. The molecule has 0 bridgehead atoms. The molecule has 2 N–H and O–H groups in total. The molecule has 0 radical (unpaired) electrons. The molecule has 1 aromatic carbocycles. The predicted molar refractivity (Wildman–Crippen MR) is 80.0 cm³/mol. The van der Waals surface area contributed by atoms with Crippen molar-refractivity contribution in [1.82, 2.24) is 9.97 Å². The standard InChI is InChI=1S/C15H19FN4/c1-4-12-14(17-5-2)18-9-19-15(12)20-11-7-6-10(3)13(16)8-11/h6-9H,4-5H2,1-3H3,(H2,17,18,19,20). The second kappa shape index (κ2) is 6.32. The van der Waals surface area contributed by atoms with Crippen LogP contribution in [0.5, 0.6) is 0 Å². The molecule has 0 saturated carbocycles. The zero-order valence-corrected chi connectivity index (χ0v) is 12.0. The number of hydrogen-bond donors (Lipinski definition) is 2. The Hall–Kier alpha value is -2.17. The minimum Gasteiger partial charge on any atom is -0.370 e. The summed E-state index contributed by atoms with van der Waals surface area (Å²) in [6.45, 7) is 6.59. The van der Waals surface area contributed by atoms with Crippen molar-refractivity contribution in [3.8, 4) is 0 Å². The maximum atomic E-state index is 13.6. The number of anilines is 3. The molecule has 0 saturated heterocycles. The molecule has 0 atom stereocenters. The smallest absolute Gasteiger partial charge is 0.139 e. The van der Waals surface area contributed by atoms with Crippen molar-refractivity contribution >= 4 is 17.3 Å². The van der Waals surface area contributed by atoms with Crippen LogP contribution in [0.2, 0.25) is 0 Å². The fourth-order valence-electron chi connectivity index (χ4n) is 1.98. The molecule has 0 aliphatic carbocycles. The number of aromatic nitrogens is 2. The van der Waals surface area contributed by atoms with Crippen molar-refractivity contribution in [2.45, 2.75) is 27.2 Å². The highest BCUT2D eigenvalue weighted by Gasteiger charge is 2.10. The van der Waals surface area contributed by atoms with Gasteiger partial charge in [-0.1, -0.05) is 13.0 Å². The summed E-state index contributed by atoms with van der Waals surface area (Å²) in [5.41, 5.74) is 2.31. The fraction of sp³-hybridized carbons (Fsp3) is 0.333. The molecule has 2 rings (SSSR count). The monoisotopic (exact) mass is 274 g/mol. The molecule has 0 aliphatic heterocycles. The summed E-state index contributed by atoms with van der Waals surface area (Å²) in [7, 11) is 0. The van der Waals surface area contributed by atoms with Gasteiger partial charge >= 0.3 is 0 Å². The molecule has 0 amide bonds. The van der Waals surface area contributed by atoms with E-state index in [-0.39, 0.29) is 5.82 Å². The lowest BCUT2D eigenvalue weighted by atomic mass is 10.2. The lowest BCUT2D eigenvalue weighted by Gasteiger charge is -2.14. The van der Waals surface area contributed by atoms with E-state index in [1.165, 1.54) is 12.4 Å². The van der Waals surface area contributed by atoms with E-state index in [1.807, 2.05) is 19.9 Å². The molecule has 20 heavy (non-hydrogen) atoms.